The number of carbonyl (C=O) groups is 2. The van der Waals surface area contributed by atoms with Crippen molar-refractivity contribution in [3.63, 3.8) is 0 Å². The van der Waals surface area contributed by atoms with Crippen LogP contribution in [0.1, 0.15) is 46.7 Å². The highest BCUT2D eigenvalue weighted by Crippen LogP contribution is 2.25. The van der Waals surface area contributed by atoms with E-state index in [0.717, 1.165) is 16.7 Å². The summed E-state index contributed by atoms with van der Waals surface area (Å²) in [6.07, 6.45) is -0.374. The first-order valence-electron chi connectivity index (χ1n) is 9.74. The first-order valence-corrected chi connectivity index (χ1v) is 10.5. The second-order valence-electron chi connectivity index (χ2n) is 6.90. The van der Waals surface area contributed by atoms with E-state index in [9.17, 15) is 9.59 Å². The molecule has 1 heterocycles. The molecule has 6 nitrogen and oxygen atoms in total. The van der Waals surface area contributed by atoms with Crippen molar-refractivity contribution in [2.24, 2.45) is 0 Å². The lowest BCUT2D eigenvalue weighted by molar-refractivity contribution is -0.136. The molecule has 2 aromatic carbocycles. The molecule has 3 aromatic rings. The van der Waals surface area contributed by atoms with E-state index in [2.05, 4.69) is 21.5 Å². The van der Waals surface area contributed by atoms with Crippen LogP contribution >= 0.6 is 11.5 Å². The first kappa shape index (κ1) is 22.1. The molecule has 0 saturated carbocycles. The zero-order chi connectivity index (χ0) is 22.2. The summed E-state index contributed by atoms with van der Waals surface area (Å²) >= 11 is 1.21. The molecule has 0 bridgehead atoms. The van der Waals surface area contributed by atoms with Crippen molar-refractivity contribution in [1.29, 1.82) is 0 Å². The van der Waals surface area contributed by atoms with Gasteiger partial charge in [-0.05, 0) is 61.0 Å². The molecule has 1 amide bonds. The number of rotatable bonds is 6. The van der Waals surface area contributed by atoms with Crippen LogP contribution in [0.5, 0.6) is 0 Å². The smallest absolute Gasteiger partial charge is 0.412 e. The molecule has 0 aliphatic heterocycles. The number of benzene rings is 2. The van der Waals surface area contributed by atoms with E-state index in [1.54, 1.807) is 6.92 Å². The van der Waals surface area contributed by atoms with Crippen LogP contribution in [-0.4, -0.2) is 21.5 Å². The maximum absolute atomic E-state index is 12.4. The molecule has 0 saturated heterocycles. The molecule has 1 aromatic heterocycles. The van der Waals surface area contributed by atoms with Crippen LogP contribution in [0, 0.1) is 18.8 Å². The Bertz CT molecular complexity index is 1110. The molecule has 0 spiro atoms. The summed E-state index contributed by atoms with van der Waals surface area (Å²) in [7, 11) is 0. The largest absolute Gasteiger partial charge is 0.481 e. The van der Waals surface area contributed by atoms with Crippen molar-refractivity contribution in [3.05, 3.63) is 81.9 Å². The number of ether oxygens (including phenoxy) is 1. The van der Waals surface area contributed by atoms with Gasteiger partial charge in [-0.2, -0.15) is 4.37 Å². The minimum absolute atomic E-state index is 0.0964. The highest BCUT2D eigenvalue weighted by Gasteiger charge is 2.16. The average molecular weight is 435 g/mol. The van der Waals surface area contributed by atoms with E-state index in [1.165, 1.54) is 11.5 Å². The minimum Gasteiger partial charge on any atom is -0.481 e. The number of aliphatic carboxylic acids is 1. The van der Waals surface area contributed by atoms with Gasteiger partial charge in [0.15, 0.2) is 0 Å². The Morgan fingerprint density at radius 1 is 1.13 bits per heavy atom. The lowest BCUT2D eigenvalue weighted by Crippen LogP contribution is -2.16. The molecule has 158 valence electrons. The van der Waals surface area contributed by atoms with Crippen molar-refractivity contribution in [2.45, 2.75) is 32.8 Å². The standard InChI is InChI=1S/C24H22N2O4S/c1-16-23(25-24(29)30-17(2)20-6-4-3-5-7-20)21(31-26-16)14-12-18-8-10-19(11-9-18)13-15-22(27)28/h3-11,17H,13,15H2,1-2H3,(H,25,29)(H,27,28). The fourth-order valence-corrected chi connectivity index (χ4v) is 3.53. The van der Waals surface area contributed by atoms with Gasteiger partial charge in [0.2, 0.25) is 0 Å². The zero-order valence-electron chi connectivity index (χ0n) is 17.2. The van der Waals surface area contributed by atoms with E-state index in [1.807, 2.05) is 61.5 Å². The number of carbonyl (C=O) groups excluding carboxylic acids is 1. The van der Waals surface area contributed by atoms with Gasteiger partial charge >= 0.3 is 12.1 Å². The average Bonchev–Trinajstić information content (AvgIpc) is 3.11. The molecular weight excluding hydrogens is 412 g/mol. The van der Waals surface area contributed by atoms with E-state index < -0.39 is 12.1 Å². The van der Waals surface area contributed by atoms with Gasteiger partial charge in [-0.3, -0.25) is 10.1 Å². The SMILES string of the molecule is Cc1nsc(C#Cc2ccc(CCC(=O)O)cc2)c1NC(=O)OC(C)c1ccccc1. The third-order valence-electron chi connectivity index (χ3n) is 4.54. The number of nitrogens with one attached hydrogen (secondary N) is 1. The molecule has 0 aliphatic rings. The Hall–Kier alpha value is -3.63. The quantitative estimate of drug-likeness (QED) is 0.522. The molecule has 2 N–H and O–H groups in total. The molecule has 1 atom stereocenters. The van der Waals surface area contributed by atoms with Crippen molar-refractivity contribution < 1.29 is 19.4 Å². The summed E-state index contributed by atoms with van der Waals surface area (Å²) in [5.41, 5.74) is 3.85. The third-order valence-corrected chi connectivity index (χ3v) is 5.40. The summed E-state index contributed by atoms with van der Waals surface area (Å²) in [5.74, 6) is 5.29. The topological polar surface area (TPSA) is 88.5 Å². The predicted octanol–water partition coefficient (Wildman–Crippen LogP) is 5.18. The van der Waals surface area contributed by atoms with E-state index >= 15 is 0 Å². The highest BCUT2D eigenvalue weighted by molar-refractivity contribution is 7.07. The Morgan fingerprint density at radius 2 is 1.84 bits per heavy atom. The number of aromatic nitrogens is 1. The molecule has 7 heteroatoms. The Labute approximate surface area is 185 Å². The Balaban J connectivity index is 1.66. The van der Waals surface area contributed by atoms with Crippen LogP contribution in [-0.2, 0) is 16.0 Å². The second kappa shape index (κ2) is 10.4. The third kappa shape index (κ3) is 6.43. The van der Waals surface area contributed by atoms with Gasteiger partial charge in [0, 0.05) is 12.0 Å². The number of nitrogens with zero attached hydrogens (tertiary/aromatic N) is 1. The van der Waals surface area contributed by atoms with Gasteiger partial charge < -0.3 is 9.84 Å². The van der Waals surface area contributed by atoms with E-state index in [-0.39, 0.29) is 12.5 Å². The first-order chi connectivity index (χ1) is 14.9. The maximum Gasteiger partial charge on any atom is 0.412 e. The van der Waals surface area contributed by atoms with Gasteiger partial charge in [0.25, 0.3) is 0 Å². The van der Waals surface area contributed by atoms with Gasteiger partial charge in [-0.1, -0.05) is 48.4 Å². The minimum atomic E-state index is -0.818. The fourth-order valence-electron chi connectivity index (χ4n) is 2.82. The molecule has 0 aliphatic carbocycles. The van der Waals surface area contributed by atoms with Crippen molar-refractivity contribution in [3.8, 4) is 11.8 Å². The van der Waals surface area contributed by atoms with E-state index in [4.69, 9.17) is 9.84 Å². The summed E-state index contributed by atoms with van der Waals surface area (Å²) in [5, 5.41) is 11.5. The number of carboxylic acid groups (broad SMARTS) is 1. The molecule has 3 rings (SSSR count). The number of hydrogen-bond acceptors (Lipinski definition) is 5. The highest BCUT2D eigenvalue weighted by atomic mass is 32.1. The van der Waals surface area contributed by atoms with Crippen LogP contribution in [0.3, 0.4) is 0 Å². The molecular formula is C24H22N2O4S. The lowest BCUT2D eigenvalue weighted by atomic mass is 10.1. The van der Waals surface area contributed by atoms with Gasteiger partial charge in [0.1, 0.15) is 11.0 Å². The lowest BCUT2D eigenvalue weighted by Gasteiger charge is -2.14. The summed E-state index contributed by atoms with van der Waals surface area (Å²) in [4.78, 5) is 23.7. The molecule has 31 heavy (non-hydrogen) atoms. The van der Waals surface area contributed by atoms with Crippen LogP contribution in [0.25, 0.3) is 0 Å². The number of carboxylic acids is 1. The van der Waals surface area contributed by atoms with Crippen molar-refractivity contribution in [1.82, 2.24) is 4.37 Å². The van der Waals surface area contributed by atoms with Crippen LogP contribution in [0.2, 0.25) is 0 Å². The normalized spacial score (nSPS) is 11.2. The predicted molar refractivity (Wildman–Crippen MR) is 120 cm³/mol. The second-order valence-corrected chi connectivity index (χ2v) is 7.67. The Morgan fingerprint density at radius 3 is 2.52 bits per heavy atom. The van der Waals surface area contributed by atoms with Crippen LogP contribution < -0.4 is 5.32 Å². The summed E-state index contributed by atoms with van der Waals surface area (Å²) < 4.78 is 9.76. The van der Waals surface area contributed by atoms with Gasteiger partial charge in [0.05, 0.1) is 11.4 Å². The zero-order valence-corrected chi connectivity index (χ0v) is 18.0. The number of amides is 1. The van der Waals surface area contributed by atoms with Crippen LogP contribution in [0.4, 0.5) is 10.5 Å². The van der Waals surface area contributed by atoms with E-state index in [0.29, 0.717) is 22.7 Å². The number of anilines is 1. The number of aryl methyl sites for hydroxylation is 2. The van der Waals surface area contributed by atoms with Crippen LogP contribution in [0.15, 0.2) is 54.6 Å². The fraction of sp³-hybridized carbons (Fsp3) is 0.208. The molecule has 1 unspecified atom stereocenters. The molecule has 0 fully saturated rings. The molecule has 0 radical (unpaired) electrons. The Kier molecular flexibility index (Phi) is 7.41. The summed E-state index contributed by atoms with van der Waals surface area (Å²) in [6, 6.07) is 16.9. The number of hydrogen-bond donors (Lipinski definition) is 2. The van der Waals surface area contributed by atoms with Gasteiger partial charge in [-0.25, -0.2) is 4.79 Å². The van der Waals surface area contributed by atoms with Gasteiger partial charge in [-0.15, -0.1) is 0 Å². The maximum atomic E-state index is 12.4. The van der Waals surface area contributed by atoms with Crippen molar-refractivity contribution in [2.75, 3.05) is 5.32 Å². The summed E-state index contributed by atoms with van der Waals surface area (Å²) in [6.45, 7) is 3.61. The van der Waals surface area contributed by atoms with Crippen molar-refractivity contribution >= 4 is 29.3 Å². The monoisotopic (exact) mass is 434 g/mol.